The number of halogens is 2. The standard InChI is InChI=1S/C17H22Cl2N2O/c18-14-5-6-15(19)16(9-14)20-17(22)11-21-8-7-12-3-1-2-4-13(12)10-21/h5-6,9,12-13H,1-4,7-8,10-11H2,(H,20,22)/t12-,13+/m1/s1. The average Bonchev–Trinajstić information content (AvgIpc) is 2.51. The summed E-state index contributed by atoms with van der Waals surface area (Å²) in [4.78, 5) is 14.5. The van der Waals surface area contributed by atoms with Crippen molar-refractivity contribution in [3.8, 4) is 0 Å². The number of piperidine rings is 1. The summed E-state index contributed by atoms with van der Waals surface area (Å²) in [5.41, 5.74) is 0.590. The van der Waals surface area contributed by atoms with Crippen LogP contribution < -0.4 is 5.32 Å². The van der Waals surface area contributed by atoms with E-state index in [0.717, 1.165) is 24.9 Å². The van der Waals surface area contributed by atoms with E-state index in [1.807, 2.05) is 0 Å². The molecule has 1 aromatic carbocycles. The zero-order chi connectivity index (χ0) is 15.5. The molecule has 0 spiro atoms. The van der Waals surface area contributed by atoms with E-state index in [1.54, 1.807) is 18.2 Å². The van der Waals surface area contributed by atoms with Gasteiger partial charge in [0.05, 0.1) is 17.3 Å². The van der Waals surface area contributed by atoms with Gasteiger partial charge in [-0.05, 0) is 49.4 Å². The quantitative estimate of drug-likeness (QED) is 0.881. The molecule has 0 bridgehead atoms. The number of benzene rings is 1. The molecule has 1 aliphatic heterocycles. The van der Waals surface area contributed by atoms with Gasteiger partial charge in [-0.3, -0.25) is 9.69 Å². The molecule has 1 amide bonds. The van der Waals surface area contributed by atoms with Crippen molar-refractivity contribution < 1.29 is 4.79 Å². The first kappa shape index (κ1) is 16.1. The van der Waals surface area contributed by atoms with Gasteiger partial charge in [-0.15, -0.1) is 0 Å². The second kappa shape index (κ2) is 7.20. The Labute approximate surface area is 142 Å². The maximum atomic E-state index is 12.2. The van der Waals surface area contributed by atoms with Crippen LogP contribution in [0.5, 0.6) is 0 Å². The van der Waals surface area contributed by atoms with E-state index in [1.165, 1.54) is 32.1 Å². The third-order valence-electron chi connectivity index (χ3n) is 4.95. The predicted molar refractivity (Wildman–Crippen MR) is 91.6 cm³/mol. The van der Waals surface area contributed by atoms with Crippen molar-refractivity contribution in [1.29, 1.82) is 0 Å². The SMILES string of the molecule is O=C(CN1CC[C@H]2CCCC[C@H]2C1)Nc1cc(Cl)ccc1Cl. The highest BCUT2D eigenvalue weighted by Gasteiger charge is 2.31. The number of likely N-dealkylation sites (tertiary alicyclic amines) is 1. The molecule has 2 atom stereocenters. The number of hydrogen-bond acceptors (Lipinski definition) is 2. The van der Waals surface area contributed by atoms with Crippen LogP contribution in [0.25, 0.3) is 0 Å². The van der Waals surface area contributed by atoms with Crippen LogP contribution in [0, 0.1) is 11.8 Å². The molecule has 22 heavy (non-hydrogen) atoms. The fourth-order valence-electron chi connectivity index (χ4n) is 3.81. The number of rotatable bonds is 3. The van der Waals surface area contributed by atoms with E-state index in [2.05, 4.69) is 10.2 Å². The predicted octanol–water partition coefficient (Wildman–Crippen LogP) is 4.44. The average molecular weight is 341 g/mol. The van der Waals surface area contributed by atoms with Gasteiger partial charge >= 0.3 is 0 Å². The van der Waals surface area contributed by atoms with Crippen molar-refractivity contribution >= 4 is 34.8 Å². The molecule has 0 unspecified atom stereocenters. The van der Waals surface area contributed by atoms with Gasteiger partial charge in [-0.1, -0.05) is 42.5 Å². The molecule has 5 heteroatoms. The number of amides is 1. The molecule has 1 saturated heterocycles. The monoisotopic (exact) mass is 340 g/mol. The number of carbonyl (C=O) groups is 1. The number of anilines is 1. The summed E-state index contributed by atoms with van der Waals surface area (Å²) in [6, 6.07) is 5.11. The Kier molecular flexibility index (Phi) is 5.27. The maximum Gasteiger partial charge on any atom is 0.238 e. The lowest BCUT2D eigenvalue weighted by atomic mass is 9.75. The van der Waals surface area contributed by atoms with Gasteiger partial charge in [0.15, 0.2) is 0 Å². The smallest absolute Gasteiger partial charge is 0.238 e. The topological polar surface area (TPSA) is 32.3 Å². The van der Waals surface area contributed by atoms with E-state index in [4.69, 9.17) is 23.2 Å². The Balaban J connectivity index is 1.54. The fourth-order valence-corrected chi connectivity index (χ4v) is 4.14. The zero-order valence-corrected chi connectivity index (χ0v) is 14.2. The summed E-state index contributed by atoms with van der Waals surface area (Å²) >= 11 is 12.0. The van der Waals surface area contributed by atoms with Crippen LogP contribution in [0.4, 0.5) is 5.69 Å². The summed E-state index contributed by atoms with van der Waals surface area (Å²) in [6.07, 6.45) is 6.66. The van der Waals surface area contributed by atoms with Crippen LogP contribution in [0.3, 0.4) is 0 Å². The molecule has 0 aromatic heterocycles. The third kappa shape index (κ3) is 3.95. The van der Waals surface area contributed by atoms with E-state index >= 15 is 0 Å². The summed E-state index contributed by atoms with van der Waals surface area (Å²) in [5, 5.41) is 3.96. The van der Waals surface area contributed by atoms with Gasteiger partial charge in [-0.25, -0.2) is 0 Å². The van der Waals surface area contributed by atoms with E-state index in [9.17, 15) is 4.79 Å². The number of nitrogens with zero attached hydrogens (tertiary/aromatic N) is 1. The Morgan fingerprint density at radius 3 is 2.77 bits per heavy atom. The van der Waals surface area contributed by atoms with Crippen molar-refractivity contribution in [2.75, 3.05) is 25.0 Å². The summed E-state index contributed by atoms with van der Waals surface area (Å²) in [7, 11) is 0. The highest BCUT2D eigenvalue weighted by molar-refractivity contribution is 6.35. The third-order valence-corrected chi connectivity index (χ3v) is 5.51. The molecule has 1 heterocycles. The van der Waals surface area contributed by atoms with Gasteiger partial charge in [0.1, 0.15) is 0 Å². The molecule has 1 saturated carbocycles. The van der Waals surface area contributed by atoms with Crippen LogP contribution in [-0.2, 0) is 4.79 Å². The molecule has 2 fully saturated rings. The summed E-state index contributed by atoms with van der Waals surface area (Å²) in [5.74, 6) is 1.65. The lowest BCUT2D eigenvalue weighted by molar-refractivity contribution is -0.118. The van der Waals surface area contributed by atoms with Crippen LogP contribution in [0.15, 0.2) is 18.2 Å². The molecule has 2 aliphatic rings. The lowest BCUT2D eigenvalue weighted by Gasteiger charge is -2.41. The van der Waals surface area contributed by atoms with E-state index in [0.29, 0.717) is 22.3 Å². The number of carbonyl (C=O) groups excluding carboxylic acids is 1. The molecule has 1 aliphatic carbocycles. The van der Waals surface area contributed by atoms with Crippen LogP contribution >= 0.6 is 23.2 Å². The minimum atomic E-state index is -0.0153. The van der Waals surface area contributed by atoms with E-state index < -0.39 is 0 Å². The minimum Gasteiger partial charge on any atom is -0.324 e. The van der Waals surface area contributed by atoms with Crippen molar-refractivity contribution in [2.24, 2.45) is 11.8 Å². The van der Waals surface area contributed by atoms with Crippen molar-refractivity contribution in [3.05, 3.63) is 28.2 Å². The minimum absolute atomic E-state index is 0.0153. The Bertz CT molecular complexity index is 549. The fraction of sp³-hybridized carbons (Fsp3) is 0.588. The molecule has 3 nitrogen and oxygen atoms in total. The van der Waals surface area contributed by atoms with Crippen molar-refractivity contribution in [3.63, 3.8) is 0 Å². The number of fused-ring (bicyclic) bond motifs is 1. The van der Waals surface area contributed by atoms with Crippen molar-refractivity contribution in [2.45, 2.75) is 32.1 Å². The zero-order valence-electron chi connectivity index (χ0n) is 12.7. The number of nitrogens with one attached hydrogen (secondary N) is 1. The van der Waals surface area contributed by atoms with Crippen LogP contribution in [0.1, 0.15) is 32.1 Å². The largest absolute Gasteiger partial charge is 0.324 e. The first-order valence-electron chi connectivity index (χ1n) is 8.09. The van der Waals surface area contributed by atoms with E-state index in [-0.39, 0.29) is 5.91 Å². The van der Waals surface area contributed by atoms with Gasteiger partial charge < -0.3 is 5.32 Å². The van der Waals surface area contributed by atoms with Crippen molar-refractivity contribution in [1.82, 2.24) is 4.90 Å². The summed E-state index contributed by atoms with van der Waals surface area (Å²) < 4.78 is 0. The second-order valence-corrected chi connectivity index (χ2v) is 7.34. The van der Waals surface area contributed by atoms with Gasteiger partial charge in [0, 0.05) is 11.6 Å². The normalized spacial score (nSPS) is 25.5. The second-order valence-electron chi connectivity index (χ2n) is 6.50. The first-order valence-corrected chi connectivity index (χ1v) is 8.84. The van der Waals surface area contributed by atoms with Gasteiger partial charge in [-0.2, -0.15) is 0 Å². The van der Waals surface area contributed by atoms with Crippen LogP contribution in [0.2, 0.25) is 10.0 Å². The van der Waals surface area contributed by atoms with Crippen LogP contribution in [-0.4, -0.2) is 30.4 Å². The molecule has 1 aromatic rings. The Morgan fingerprint density at radius 2 is 1.95 bits per heavy atom. The van der Waals surface area contributed by atoms with Gasteiger partial charge in [0.2, 0.25) is 5.91 Å². The molecule has 3 rings (SSSR count). The molecule has 1 N–H and O–H groups in total. The molecular formula is C17H22Cl2N2O. The first-order chi connectivity index (χ1) is 10.6. The molecule has 120 valence electrons. The molecular weight excluding hydrogens is 319 g/mol. The highest BCUT2D eigenvalue weighted by atomic mass is 35.5. The van der Waals surface area contributed by atoms with Gasteiger partial charge in [0.25, 0.3) is 0 Å². The maximum absolute atomic E-state index is 12.2. The Morgan fingerprint density at radius 1 is 1.18 bits per heavy atom. The molecule has 0 radical (unpaired) electrons. The Hall–Kier alpha value is -0.770. The summed E-state index contributed by atoms with van der Waals surface area (Å²) in [6.45, 7) is 2.52. The highest BCUT2D eigenvalue weighted by Crippen LogP contribution is 2.36. The number of hydrogen-bond donors (Lipinski definition) is 1. The lowest BCUT2D eigenvalue weighted by Crippen LogP contribution is -2.44.